The summed E-state index contributed by atoms with van der Waals surface area (Å²) < 4.78 is 7.48. The first kappa shape index (κ1) is 20.2. The molecule has 0 radical (unpaired) electrons. The summed E-state index contributed by atoms with van der Waals surface area (Å²) in [5.74, 6) is 1.20. The van der Waals surface area contributed by atoms with E-state index in [2.05, 4.69) is 20.3 Å². The molecule has 0 aliphatic heterocycles. The normalized spacial score (nSPS) is 10.8. The maximum Gasteiger partial charge on any atom is 0.227 e. The van der Waals surface area contributed by atoms with Gasteiger partial charge in [-0.25, -0.2) is 15.0 Å². The molecule has 0 atom stereocenters. The Labute approximate surface area is 184 Å². The third-order valence-corrected chi connectivity index (χ3v) is 5.37. The molecule has 0 unspecified atom stereocenters. The molecule has 4 rings (SSSR count). The topological polar surface area (TPSA) is 64.9 Å². The lowest BCUT2D eigenvalue weighted by atomic mass is 10.1. The molecule has 2 aromatic heterocycles. The van der Waals surface area contributed by atoms with Gasteiger partial charge in [-0.1, -0.05) is 29.3 Å². The molecule has 30 heavy (non-hydrogen) atoms. The average molecular weight is 440 g/mol. The highest BCUT2D eigenvalue weighted by Crippen LogP contribution is 2.31. The minimum Gasteiger partial charge on any atom is -0.494 e. The Morgan fingerprint density at radius 3 is 2.50 bits per heavy atom. The molecule has 4 aromatic rings. The number of imidazole rings is 1. The van der Waals surface area contributed by atoms with Crippen molar-refractivity contribution in [2.24, 2.45) is 0 Å². The van der Waals surface area contributed by atoms with Crippen LogP contribution in [0.25, 0.3) is 16.8 Å². The number of anilines is 2. The first-order valence-electron chi connectivity index (χ1n) is 9.19. The molecule has 0 amide bonds. The van der Waals surface area contributed by atoms with Crippen LogP contribution in [0, 0.1) is 13.8 Å². The van der Waals surface area contributed by atoms with Gasteiger partial charge in [0.15, 0.2) is 0 Å². The number of hydrogen-bond donors (Lipinski definition) is 1. The molecule has 1 N–H and O–H groups in total. The van der Waals surface area contributed by atoms with E-state index in [1.807, 2.05) is 54.9 Å². The molecule has 0 saturated heterocycles. The Morgan fingerprint density at radius 2 is 1.83 bits per heavy atom. The lowest BCUT2D eigenvalue weighted by Gasteiger charge is -2.13. The van der Waals surface area contributed by atoms with E-state index in [0.717, 1.165) is 33.9 Å². The molecule has 2 aromatic carbocycles. The maximum atomic E-state index is 6.14. The molecule has 0 saturated carbocycles. The van der Waals surface area contributed by atoms with Crippen LogP contribution >= 0.6 is 23.2 Å². The summed E-state index contributed by atoms with van der Waals surface area (Å²) in [6, 6.07) is 11.3. The highest BCUT2D eigenvalue weighted by Gasteiger charge is 2.11. The number of aryl methyl sites for hydroxylation is 2. The van der Waals surface area contributed by atoms with E-state index in [-0.39, 0.29) is 0 Å². The van der Waals surface area contributed by atoms with Crippen LogP contribution in [0.15, 0.2) is 55.1 Å². The Hall–Kier alpha value is -3.09. The van der Waals surface area contributed by atoms with Gasteiger partial charge in [-0.3, -0.25) is 0 Å². The zero-order valence-electron chi connectivity index (χ0n) is 16.6. The SMILES string of the molecule is COc1cc(Nc2ncc(-c3ccc(Cl)c(Cl)c3)c(C)n2)ccc1-n1cnc(C)c1. The van der Waals surface area contributed by atoms with E-state index < -0.39 is 0 Å². The van der Waals surface area contributed by atoms with Gasteiger partial charge in [0.05, 0.1) is 40.6 Å². The van der Waals surface area contributed by atoms with Crippen LogP contribution in [0.2, 0.25) is 10.0 Å². The van der Waals surface area contributed by atoms with E-state index in [4.69, 9.17) is 27.9 Å². The van der Waals surface area contributed by atoms with Crippen LogP contribution in [-0.2, 0) is 0 Å². The molecule has 0 spiro atoms. The second kappa shape index (κ2) is 8.34. The van der Waals surface area contributed by atoms with E-state index in [0.29, 0.717) is 21.7 Å². The van der Waals surface area contributed by atoms with Crippen molar-refractivity contribution in [2.45, 2.75) is 13.8 Å². The number of hydrogen-bond acceptors (Lipinski definition) is 5. The lowest BCUT2D eigenvalue weighted by Crippen LogP contribution is -2.01. The first-order valence-corrected chi connectivity index (χ1v) is 9.95. The van der Waals surface area contributed by atoms with Crippen LogP contribution in [0.4, 0.5) is 11.6 Å². The molecule has 8 heteroatoms. The highest BCUT2D eigenvalue weighted by atomic mass is 35.5. The number of ether oxygens (including phenoxy) is 1. The van der Waals surface area contributed by atoms with Gasteiger partial charge in [0, 0.05) is 29.7 Å². The maximum absolute atomic E-state index is 6.14. The standard InChI is InChI=1S/C22H19Cl2N5O/c1-13-11-29(12-26-13)20-7-5-16(9-21(20)30-3)28-22-25-10-17(14(2)27-22)15-4-6-18(23)19(24)8-15/h4-12H,1-3H3,(H,25,27,28). The molecule has 2 heterocycles. The molecule has 152 valence electrons. The Kier molecular flexibility index (Phi) is 5.61. The highest BCUT2D eigenvalue weighted by molar-refractivity contribution is 6.42. The van der Waals surface area contributed by atoms with Crippen molar-refractivity contribution in [3.05, 3.63) is 76.6 Å². The van der Waals surface area contributed by atoms with Crippen LogP contribution < -0.4 is 10.1 Å². The fourth-order valence-corrected chi connectivity index (χ4v) is 3.42. The van der Waals surface area contributed by atoms with Gasteiger partial charge in [0.25, 0.3) is 0 Å². The second-order valence-electron chi connectivity index (χ2n) is 6.76. The van der Waals surface area contributed by atoms with Crippen LogP contribution in [0.1, 0.15) is 11.4 Å². The van der Waals surface area contributed by atoms with Gasteiger partial charge in [0.1, 0.15) is 5.75 Å². The van der Waals surface area contributed by atoms with Gasteiger partial charge >= 0.3 is 0 Å². The molecule has 0 fully saturated rings. The summed E-state index contributed by atoms with van der Waals surface area (Å²) in [6.45, 7) is 3.87. The quantitative estimate of drug-likeness (QED) is 0.412. The van der Waals surface area contributed by atoms with E-state index in [1.165, 1.54) is 0 Å². The average Bonchev–Trinajstić information content (AvgIpc) is 3.16. The third kappa shape index (κ3) is 4.10. The second-order valence-corrected chi connectivity index (χ2v) is 7.57. The third-order valence-electron chi connectivity index (χ3n) is 4.64. The van der Waals surface area contributed by atoms with Crippen molar-refractivity contribution < 1.29 is 4.74 Å². The van der Waals surface area contributed by atoms with Gasteiger partial charge in [-0.05, 0) is 43.7 Å². The summed E-state index contributed by atoms with van der Waals surface area (Å²) in [5.41, 5.74) is 5.27. The number of nitrogens with zero attached hydrogens (tertiary/aromatic N) is 4. The molecular formula is C22H19Cl2N5O. The van der Waals surface area contributed by atoms with Crippen LogP contribution in [0.3, 0.4) is 0 Å². The number of halogens is 2. The molecule has 0 aliphatic carbocycles. The van der Waals surface area contributed by atoms with Crippen molar-refractivity contribution in [3.63, 3.8) is 0 Å². The lowest BCUT2D eigenvalue weighted by molar-refractivity contribution is 0.413. The van der Waals surface area contributed by atoms with Crippen LogP contribution in [0.5, 0.6) is 5.75 Å². The predicted molar refractivity (Wildman–Crippen MR) is 120 cm³/mol. The zero-order valence-corrected chi connectivity index (χ0v) is 18.2. The first-order chi connectivity index (χ1) is 14.4. The molecule has 6 nitrogen and oxygen atoms in total. The fraction of sp³-hybridized carbons (Fsp3) is 0.136. The number of aromatic nitrogens is 4. The predicted octanol–water partition coefficient (Wildman–Crippen LogP) is 6.01. The molecule has 0 aliphatic rings. The number of rotatable bonds is 5. The summed E-state index contributed by atoms with van der Waals surface area (Å²) in [6.07, 6.45) is 5.47. The summed E-state index contributed by atoms with van der Waals surface area (Å²) in [7, 11) is 1.64. The summed E-state index contributed by atoms with van der Waals surface area (Å²) in [4.78, 5) is 13.3. The summed E-state index contributed by atoms with van der Waals surface area (Å²) in [5, 5.41) is 4.24. The van der Waals surface area contributed by atoms with Crippen molar-refractivity contribution in [2.75, 3.05) is 12.4 Å². The molecule has 0 bridgehead atoms. The Bertz CT molecular complexity index is 1220. The van der Waals surface area contributed by atoms with E-state index in [9.17, 15) is 0 Å². The van der Waals surface area contributed by atoms with E-state index in [1.54, 1.807) is 25.7 Å². The monoisotopic (exact) mass is 439 g/mol. The minimum atomic E-state index is 0.490. The summed E-state index contributed by atoms with van der Waals surface area (Å²) >= 11 is 12.2. The van der Waals surface area contributed by atoms with Crippen LogP contribution in [-0.4, -0.2) is 26.6 Å². The van der Waals surface area contributed by atoms with Crippen molar-refractivity contribution in [1.82, 2.24) is 19.5 Å². The minimum absolute atomic E-state index is 0.490. The van der Waals surface area contributed by atoms with Crippen molar-refractivity contribution >= 4 is 34.8 Å². The van der Waals surface area contributed by atoms with Crippen molar-refractivity contribution in [1.29, 1.82) is 0 Å². The molecular weight excluding hydrogens is 421 g/mol. The van der Waals surface area contributed by atoms with Gasteiger partial charge in [-0.2, -0.15) is 0 Å². The number of benzene rings is 2. The number of nitrogens with one attached hydrogen (secondary N) is 1. The van der Waals surface area contributed by atoms with Gasteiger partial charge < -0.3 is 14.6 Å². The van der Waals surface area contributed by atoms with E-state index >= 15 is 0 Å². The van der Waals surface area contributed by atoms with Crippen molar-refractivity contribution in [3.8, 4) is 22.6 Å². The van der Waals surface area contributed by atoms with Gasteiger partial charge in [-0.15, -0.1) is 0 Å². The zero-order chi connectivity index (χ0) is 21.3. The fourth-order valence-electron chi connectivity index (χ4n) is 3.13. The Morgan fingerprint density at radius 1 is 1.00 bits per heavy atom. The van der Waals surface area contributed by atoms with Gasteiger partial charge in [0.2, 0.25) is 5.95 Å². The smallest absolute Gasteiger partial charge is 0.227 e. The Balaban J connectivity index is 1.60. The number of methoxy groups -OCH3 is 1. The largest absolute Gasteiger partial charge is 0.494 e.